The average Bonchev–Trinajstić information content (AvgIpc) is 3.97. The molecular formula is C51H29N3O2S. The summed E-state index contributed by atoms with van der Waals surface area (Å²) in [6.07, 6.45) is 0. The van der Waals surface area contributed by atoms with Gasteiger partial charge >= 0.3 is 0 Å². The van der Waals surface area contributed by atoms with E-state index in [-0.39, 0.29) is 0 Å². The van der Waals surface area contributed by atoms with Crippen molar-refractivity contribution in [1.82, 2.24) is 15.0 Å². The van der Waals surface area contributed by atoms with Gasteiger partial charge in [-0.05, 0) is 70.8 Å². The Kier molecular flexibility index (Phi) is 7.03. The Hall–Kier alpha value is -7.41. The van der Waals surface area contributed by atoms with E-state index in [1.807, 2.05) is 53.8 Å². The number of aromatic nitrogens is 3. The fraction of sp³-hybridized carbons (Fsp3) is 0. The zero-order valence-corrected chi connectivity index (χ0v) is 31.1. The molecule has 0 aliphatic rings. The molecular weight excluding hydrogens is 719 g/mol. The topological polar surface area (TPSA) is 65.0 Å². The van der Waals surface area contributed by atoms with Gasteiger partial charge in [-0.3, -0.25) is 0 Å². The zero-order chi connectivity index (χ0) is 37.5. The molecule has 6 heteroatoms. The molecule has 8 aromatic carbocycles. The van der Waals surface area contributed by atoms with Crippen molar-refractivity contribution in [2.24, 2.45) is 0 Å². The third-order valence-electron chi connectivity index (χ3n) is 11.0. The van der Waals surface area contributed by atoms with Crippen molar-refractivity contribution in [2.45, 2.75) is 0 Å². The van der Waals surface area contributed by atoms with Crippen molar-refractivity contribution in [3.63, 3.8) is 0 Å². The number of hydrogen-bond acceptors (Lipinski definition) is 6. The standard InChI is InChI=1S/C51H29N3O2S/c1-2-10-30(11-3-1)31-20-22-32(23-21-31)49-52-50(34-24-26-37-36-12-4-6-16-41(36)56-44(37)29-34)54-51(53-49)39-15-8-17-43-47(39)40-28-33(25-27-42(40)55-43)35-14-9-19-46-48(35)38-13-5-7-18-45(38)57-46/h1-29H. The van der Waals surface area contributed by atoms with Crippen LogP contribution < -0.4 is 0 Å². The zero-order valence-electron chi connectivity index (χ0n) is 30.3. The first kappa shape index (κ1) is 31.9. The lowest BCUT2D eigenvalue weighted by molar-refractivity contribution is 0.668. The highest BCUT2D eigenvalue weighted by atomic mass is 32.1. The molecule has 0 aliphatic carbocycles. The summed E-state index contributed by atoms with van der Waals surface area (Å²) in [4.78, 5) is 15.5. The Morgan fingerprint density at radius 3 is 1.81 bits per heavy atom. The molecule has 0 bridgehead atoms. The molecule has 57 heavy (non-hydrogen) atoms. The minimum absolute atomic E-state index is 0.561. The summed E-state index contributed by atoms with van der Waals surface area (Å²) in [5, 5.41) is 6.65. The van der Waals surface area contributed by atoms with E-state index in [1.165, 1.54) is 25.7 Å². The monoisotopic (exact) mass is 747 g/mol. The van der Waals surface area contributed by atoms with Gasteiger partial charge in [0.1, 0.15) is 22.3 Å². The fourth-order valence-corrected chi connectivity index (χ4v) is 9.39. The molecule has 0 N–H and O–H groups in total. The van der Waals surface area contributed by atoms with Gasteiger partial charge in [-0.1, -0.05) is 127 Å². The molecule has 0 aliphatic heterocycles. The van der Waals surface area contributed by atoms with Gasteiger partial charge < -0.3 is 8.83 Å². The minimum Gasteiger partial charge on any atom is -0.456 e. The van der Waals surface area contributed by atoms with Crippen molar-refractivity contribution in [1.29, 1.82) is 0 Å². The van der Waals surface area contributed by atoms with Crippen LogP contribution in [-0.2, 0) is 0 Å². The van der Waals surface area contributed by atoms with Gasteiger partial charge in [-0.2, -0.15) is 0 Å². The van der Waals surface area contributed by atoms with Gasteiger partial charge in [0.25, 0.3) is 0 Å². The Bertz CT molecular complexity index is 3530. The van der Waals surface area contributed by atoms with Crippen molar-refractivity contribution < 1.29 is 8.83 Å². The number of thiophene rings is 1. The summed E-state index contributed by atoms with van der Waals surface area (Å²) in [5.74, 6) is 1.71. The second-order valence-corrected chi connectivity index (χ2v) is 15.4. The van der Waals surface area contributed by atoms with E-state index in [1.54, 1.807) is 0 Å². The van der Waals surface area contributed by atoms with Gasteiger partial charge in [0, 0.05) is 58.4 Å². The quantitative estimate of drug-likeness (QED) is 0.175. The summed E-state index contributed by atoms with van der Waals surface area (Å²) in [6.45, 7) is 0. The van der Waals surface area contributed by atoms with Crippen LogP contribution in [0.4, 0.5) is 0 Å². The Morgan fingerprint density at radius 1 is 0.316 bits per heavy atom. The smallest absolute Gasteiger partial charge is 0.164 e. The molecule has 0 unspecified atom stereocenters. The van der Waals surface area contributed by atoms with E-state index in [0.29, 0.717) is 17.5 Å². The predicted octanol–water partition coefficient (Wildman–Crippen LogP) is 14.4. The summed E-state index contributed by atoms with van der Waals surface area (Å²) < 4.78 is 15.4. The number of para-hydroxylation sites is 1. The second kappa shape index (κ2) is 12.6. The van der Waals surface area contributed by atoms with Crippen molar-refractivity contribution in [2.75, 3.05) is 0 Å². The van der Waals surface area contributed by atoms with Crippen LogP contribution in [0.2, 0.25) is 0 Å². The van der Waals surface area contributed by atoms with Crippen LogP contribution in [0.25, 0.3) is 120 Å². The number of benzene rings is 8. The summed E-state index contributed by atoms with van der Waals surface area (Å²) in [5.41, 5.74) is 10.4. The first-order valence-electron chi connectivity index (χ1n) is 18.9. The highest BCUT2D eigenvalue weighted by molar-refractivity contribution is 7.25. The van der Waals surface area contributed by atoms with Crippen molar-refractivity contribution in [3.05, 3.63) is 176 Å². The SMILES string of the molecule is c1ccc(-c2ccc(-c3nc(-c4ccc5c(c4)oc4ccccc45)nc(-c4cccc5oc6ccc(-c7cccc8sc9ccccc9c78)cc6c45)n3)cc2)cc1. The van der Waals surface area contributed by atoms with E-state index in [9.17, 15) is 0 Å². The van der Waals surface area contributed by atoms with E-state index in [2.05, 4.69) is 133 Å². The highest BCUT2D eigenvalue weighted by Gasteiger charge is 2.20. The first-order chi connectivity index (χ1) is 28.2. The van der Waals surface area contributed by atoms with Gasteiger partial charge in [0.15, 0.2) is 17.5 Å². The average molecular weight is 748 g/mol. The Balaban J connectivity index is 1.06. The molecule has 0 spiro atoms. The molecule has 12 rings (SSSR count). The second-order valence-electron chi connectivity index (χ2n) is 14.3. The van der Waals surface area contributed by atoms with E-state index in [4.69, 9.17) is 23.8 Å². The minimum atomic E-state index is 0.561. The Labute approximate surface area is 330 Å². The van der Waals surface area contributed by atoms with Gasteiger partial charge in [-0.25, -0.2) is 15.0 Å². The van der Waals surface area contributed by atoms with Crippen LogP contribution in [0.15, 0.2) is 185 Å². The van der Waals surface area contributed by atoms with Gasteiger partial charge in [0.2, 0.25) is 0 Å². The largest absolute Gasteiger partial charge is 0.456 e. The molecule has 266 valence electrons. The number of nitrogens with zero attached hydrogens (tertiary/aromatic N) is 3. The molecule has 0 saturated carbocycles. The summed E-state index contributed by atoms with van der Waals surface area (Å²) in [6, 6.07) is 61.0. The molecule has 0 amide bonds. The van der Waals surface area contributed by atoms with E-state index >= 15 is 0 Å². The van der Waals surface area contributed by atoms with Crippen LogP contribution in [0, 0.1) is 0 Å². The third kappa shape index (κ3) is 5.19. The lowest BCUT2D eigenvalue weighted by atomic mass is 9.97. The van der Waals surface area contributed by atoms with Crippen LogP contribution in [0.1, 0.15) is 0 Å². The molecule has 4 heterocycles. The molecule has 0 radical (unpaired) electrons. The van der Waals surface area contributed by atoms with E-state index < -0.39 is 0 Å². The van der Waals surface area contributed by atoms with Crippen molar-refractivity contribution in [3.8, 4) is 56.4 Å². The number of rotatable bonds is 5. The molecule has 0 atom stereocenters. The Morgan fingerprint density at radius 2 is 0.912 bits per heavy atom. The van der Waals surface area contributed by atoms with Gasteiger partial charge in [-0.15, -0.1) is 11.3 Å². The van der Waals surface area contributed by atoms with Crippen LogP contribution in [-0.4, -0.2) is 15.0 Å². The number of furan rings is 2. The molecule has 4 aromatic heterocycles. The lowest BCUT2D eigenvalue weighted by Crippen LogP contribution is -2.00. The molecule has 0 saturated heterocycles. The van der Waals surface area contributed by atoms with E-state index in [0.717, 1.165) is 77.3 Å². The number of fused-ring (bicyclic) bond motifs is 9. The summed E-state index contributed by atoms with van der Waals surface area (Å²) in [7, 11) is 0. The lowest BCUT2D eigenvalue weighted by Gasteiger charge is -2.10. The molecule has 12 aromatic rings. The maximum atomic E-state index is 6.53. The van der Waals surface area contributed by atoms with Crippen molar-refractivity contribution >= 4 is 75.4 Å². The summed E-state index contributed by atoms with van der Waals surface area (Å²) >= 11 is 1.83. The fourth-order valence-electron chi connectivity index (χ4n) is 8.26. The predicted molar refractivity (Wildman–Crippen MR) is 234 cm³/mol. The number of hydrogen-bond donors (Lipinski definition) is 0. The third-order valence-corrected chi connectivity index (χ3v) is 12.1. The van der Waals surface area contributed by atoms with Crippen LogP contribution in [0.3, 0.4) is 0 Å². The van der Waals surface area contributed by atoms with Gasteiger partial charge in [0.05, 0.1) is 0 Å². The normalized spacial score (nSPS) is 11.9. The first-order valence-corrected chi connectivity index (χ1v) is 19.7. The highest BCUT2D eigenvalue weighted by Crippen LogP contribution is 2.43. The van der Waals surface area contributed by atoms with Crippen LogP contribution in [0.5, 0.6) is 0 Å². The van der Waals surface area contributed by atoms with Crippen LogP contribution >= 0.6 is 11.3 Å². The maximum Gasteiger partial charge on any atom is 0.164 e. The molecule has 5 nitrogen and oxygen atoms in total. The molecule has 0 fully saturated rings. The maximum absolute atomic E-state index is 6.53.